The second-order valence-corrected chi connectivity index (χ2v) is 9.63. The zero-order chi connectivity index (χ0) is 20.9. The number of hydrogen-bond donors (Lipinski definition) is 1. The van der Waals surface area contributed by atoms with Crippen LogP contribution in [-0.4, -0.2) is 21.5 Å². The van der Waals surface area contributed by atoms with Crippen LogP contribution in [0.1, 0.15) is 49.3 Å². The van der Waals surface area contributed by atoms with Crippen LogP contribution in [-0.2, 0) is 26.0 Å². The van der Waals surface area contributed by atoms with Gasteiger partial charge in [-0.3, -0.25) is 4.79 Å². The van der Waals surface area contributed by atoms with Gasteiger partial charge >= 0.3 is 5.97 Å². The van der Waals surface area contributed by atoms with Gasteiger partial charge in [0.05, 0.1) is 12.0 Å². The zero-order valence-electron chi connectivity index (χ0n) is 16.4. The molecule has 0 heterocycles. The number of benzene rings is 2. The molecule has 1 atom stereocenters. The Morgan fingerprint density at radius 3 is 2.38 bits per heavy atom. The van der Waals surface area contributed by atoms with Crippen molar-refractivity contribution in [3.05, 3.63) is 64.7 Å². The molecule has 156 valence electrons. The third-order valence-electron chi connectivity index (χ3n) is 5.14. The normalized spacial score (nSPS) is 15.1. The second kappa shape index (κ2) is 9.74. The summed E-state index contributed by atoms with van der Waals surface area (Å²) in [5.74, 6) is 0.357. The van der Waals surface area contributed by atoms with Crippen molar-refractivity contribution >= 4 is 27.6 Å². The molecule has 5 nitrogen and oxygen atoms in total. The molecule has 0 aliphatic heterocycles. The van der Waals surface area contributed by atoms with Crippen LogP contribution in [0, 0.1) is 5.92 Å². The molecule has 0 spiro atoms. The summed E-state index contributed by atoms with van der Waals surface area (Å²) >= 11 is 5.88. The summed E-state index contributed by atoms with van der Waals surface area (Å²) in [6, 6.07) is 13.9. The predicted molar refractivity (Wildman–Crippen MR) is 113 cm³/mol. The molecule has 0 radical (unpaired) electrons. The number of carbonyl (C=O) groups is 1. The van der Waals surface area contributed by atoms with Crippen LogP contribution in [0.3, 0.4) is 0 Å². The van der Waals surface area contributed by atoms with E-state index in [-0.39, 0.29) is 16.9 Å². The van der Waals surface area contributed by atoms with E-state index in [4.69, 9.17) is 11.6 Å². The van der Waals surface area contributed by atoms with Crippen LogP contribution in [0.2, 0.25) is 5.02 Å². The molecule has 1 N–H and O–H groups in total. The van der Waals surface area contributed by atoms with Gasteiger partial charge in [0.15, 0.2) is 0 Å². The quantitative estimate of drug-likeness (QED) is 0.551. The van der Waals surface area contributed by atoms with Crippen molar-refractivity contribution in [3.63, 3.8) is 0 Å². The van der Waals surface area contributed by atoms with Crippen LogP contribution >= 0.6 is 11.6 Å². The van der Waals surface area contributed by atoms with Gasteiger partial charge in [0.2, 0.25) is 10.0 Å². The Kier molecular flexibility index (Phi) is 7.33. The van der Waals surface area contributed by atoms with Crippen molar-refractivity contribution in [1.82, 2.24) is 4.72 Å². The van der Waals surface area contributed by atoms with E-state index in [9.17, 15) is 13.2 Å². The summed E-state index contributed by atoms with van der Waals surface area (Å²) in [6.07, 6.45) is 4.97. The molecular weight excluding hydrogens is 410 g/mol. The molecule has 1 fully saturated rings. The van der Waals surface area contributed by atoms with Crippen molar-refractivity contribution in [3.8, 4) is 0 Å². The van der Waals surface area contributed by atoms with Crippen LogP contribution in [0.5, 0.6) is 0 Å². The highest BCUT2D eigenvalue weighted by Crippen LogP contribution is 2.38. The lowest BCUT2D eigenvalue weighted by molar-refractivity contribution is -0.140. The maximum absolute atomic E-state index is 12.8. The van der Waals surface area contributed by atoms with Crippen molar-refractivity contribution in [2.24, 2.45) is 5.92 Å². The smallest absolute Gasteiger partial charge is 0.305 e. The summed E-state index contributed by atoms with van der Waals surface area (Å²) < 4.78 is 33.2. The Bertz CT molecular complexity index is 922. The molecule has 0 saturated heterocycles. The molecule has 29 heavy (non-hydrogen) atoms. The third kappa shape index (κ3) is 6.56. The van der Waals surface area contributed by atoms with Gasteiger partial charge in [-0.1, -0.05) is 48.7 Å². The van der Waals surface area contributed by atoms with Crippen LogP contribution in [0.4, 0.5) is 0 Å². The van der Waals surface area contributed by atoms with Gasteiger partial charge in [0.25, 0.3) is 0 Å². The molecule has 1 aliphatic rings. The highest BCUT2D eigenvalue weighted by atomic mass is 35.5. The van der Waals surface area contributed by atoms with Gasteiger partial charge in [-0.2, -0.15) is 0 Å². The molecule has 1 saturated carbocycles. The average Bonchev–Trinajstić information content (AvgIpc) is 3.52. The first-order chi connectivity index (χ1) is 13.9. The van der Waals surface area contributed by atoms with E-state index in [1.807, 2.05) is 24.3 Å². The Hall–Kier alpha value is -1.89. The number of esters is 1. The molecule has 1 aliphatic carbocycles. The van der Waals surface area contributed by atoms with Gasteiger partial charge in [-0.15, -0.1) is 0 Å². The average molecular weight is 436 g/mol. The number of nitrogens with one attached hydrogen (secondary N) is 1. The summed E-state index contributed by atoms with van der Waals surface area (Å²) in [4.78, 5) is 11.4. The monoisotopic (exact) mass is 435 g/mol. The zero-order valence-corrected chi connectivity index (χ0v) is 18.0. The molecule has 3 rings (SSSR count). The van der Waals surface area contributed by atoms with Gasteiger partial charge < -0.3 is 4.74 Å². The topological polar surface area (TPSA) is 72.5 Å². The Morgan fingerprint density at radius 2 is 1.79 bits per heavy atom. The summed E-state index contributed by atoms with van der Waals surface area (Å²) in [6.45, 7) is 0. The van der Waals surface area contributed by atoms with E-state index in [1.165, 1.54) is 19.2 Å². The lowest BCUT2D eigenvalue weighted by atomic mass is 9.99. The first-order valence-electron chi connectivity index (χ1n) is 9.81. The van der Waals surface area contributed by atoms with Crippen molar-refractivity contribution in [2.45, 2.75) is 49.5 Å². The van der Waals surface area contributed by atoms with E-state index in [0.717, 1.165) is 43.2 Å². The van der Waals surface area contributed by atoms with Crippen LogP contribution in [0.25, 0.3) is 0 Å². The van der Waals surface area contributed by atoms with Crippen molar-refractivity contribution in [1.29, 1.82) is 0 Å². The van der Waals surface area contributed by atoms with E-state index >= 15 is 0 Å². The first-order valence-corrected chi connectivity index (χ1v) is 11.7. The minimum absolute atomic E-state index is 0.206. The fraction of sp³-hybridized carbons (Fsp3) is 0.409. The first kappa shape index (κ1) is 21.8. The van der Waals surface area contributed by atoms with Crippen LogP contribution in [0.15, 0.2) is 53.4 Å². The fourth-order valence-corrected chi connectivity index (χ4v) is 4.63. The molecule has 0 amide bonds. The van der Waals surface area contributed by atoms with Gasteiger partial charge in [-0.05, 0) is 60.6 Å². The highest BCUT2D eigenvalue weighted by molar-refractivity contribution is 7.89. The molecule has 2 aromatic carbocycles. The molecule has 0 aromatic heterocycles. The number of methoxy groups -OCH3 is 1. The Morgan fingerprint density at radius 1 is 1.14 bits per heavy atom. The maximum Gasteiger partial charge on any atom is 0.305 e. The minimum atomic E-state index is -3.64. The van der Waals surface area contributed by atoms with Crippen LogP contribution < -0.4 is 4.72 Å². The third-order valence-corrected chi connectivity index (χ3v) is 6.88. The molecule has 1 unspecified atom stereocenters. The molecule has 2 aromatic rings. The lowest BCUT2D eigenvalue weighted by Crippen LogP contribution is -2.29. The minimum Gasteiger partial charge on any atom is -0.469 e. The van der Waals surface area contributed by atoms with Gasteiger partial charge in [0, 0.05) is 17.5 Å². The molecular formula is C22H26ClNO4S. The predicted octanol–water partition coefficient (Wildman–Crippen LogP) is 4.66. The van der Waals surface area contributed by atoms with Gasteiger partial charge in [-0.25, -0.2) is 13.1 Å². The highest BCUT2D eigenvalue weighted by Gasteiger charge is 2.29. The summed E-state index contributed by atoms with van der Waals surface area (Å²) in [7, 11) is -2.25. The second-order valence-electron chi connectivity index (χ2n) is 7.48. The van der Waals surface area contributed by atoms with Gasteiger partial charge in [0.1, 0.15) is 0 Å². The number of rotatable bonds is 10. The Labute approximate surface area is 177 Å². The number of halogens is 1. The number of aryl methyl sites for hydroxylation is 1. The standard InChI is InChI=1S/C22H26ClNO4S/c1-28-22(25)4-2-3-16-7-9-18(10-8-16)21(15-17-5-6-17)24-29(26,27)20-13-11-19(23)12-14-20/h7-14,17,21,24H,2-6,15H2,1H3. The molecule has 7 heteroatoms. The summed E-state index contributed by atoms with van der Waals surface area (Å²) in [5, 5.41) is 0.501. The van der Waals surface area contributed by atoms with E-state index in [2.05, 4.69) is 9.46 Å². The number of sulfonamides is 1. The summed E-state index contributed by atoms with van der Waals surface area (Å²) in [5.41, 5.74) is 2.06. The maximum atomic E-state index is 12.8. The largest absolute Gasteiger partial charge is 0.469 e. The van der Waals surface area contributed by atoms with E-state index in [0.29, 0.717) is 17.4 Å². The van der Waals surface area contributed by atoms with Crippen molar-refractivity contribution < 1.29 is 17.9 Å². The van der Waals surface area contributed by atoms with E-state index < -0.39 is 10.0 Å². The Balaban J connectivity index is 1.69. The lowest BCUT2D eigenvalue weighted by Gasteiger charge is -2.20. The molecule has 0 bridgehead atoms. The number of carbonyl (C=O) groups excluding carboxylic acids is 1. The van der Waals surface area contributed by atoms with E-state index in [1.54, 1.807) is 12.1 Å². The number of hydrogen-bond acceptors (Lipinski definition) is 4. The number of ether oxygens (including phenoxy) is 1. The van der Waals surface area contributed by atoms with Crippen molar-refractivity contribution in [2.75, 3.05) is 7.11 Å². The fourth-order valence-electron chi connectivity index (χ4n) is 3.26. The SMILES string of the molecule is COC(=O)CCCc1ccc(C(CC2CC2)NS(=O)(=O)c2ccc(Cl)cc2)cc1.